The molecule has 1 aromatic heterocycles. The molecule has 2 saturated heterocycles. The number of aromatic nitrogens is 2. The monoisotopic (exact) mass is 575 g/mol. The van der Waals surface area contributed by atoms with E-state index in [0.29, 0.717) is 66.1 Å². The Balaban J connectivity index is 1.36. The summed E-state index contributed by atoms with van der Waals surface area (Å²) in [5, 5.41) is 4.81. The average Bonchev–Trinajstić information content (AvgIpc) is 3.39. The summed E-state index contributed by atoms with van der Waals surface area (Å²) in [5.74, 6) is -0.269. The maximum Gasteiger partial charge on any atom is 0.223 e. The van der Waals surface area contributed by atoms with Gasteiger partial charge in [-0.15, -0.1) is 0 Å². The van der Waals surface area contributed by atoms with Gasteiger partial charge in [0, 0.05) is 49.3 Å². The predicted molar refractivity (Wildman–Crippen MR) is 158 cm³/mol. The minimum Gasteiger partial charge on any atom is -0.362 e. The van der Waals surface area contributed by atoms with Gasteiger partial charge in [0.15, 0.2) is 5.78 Å². The molecule has 0 spiro atoms. The molecule has 2 aliphatic heterocycles. The number of oxime groups is 1. The van der Waals surface area contributed by atoms with Gasteiger partial charge in [-0.25, -0.2) is 18.7 Å². The number of benzene rings is 2. The minimum absolute atomic E-state index is 0.0997. The first-order chi connectivity index (χ1) is 20.2. The summed E-state index contributed by atoms with van der Waals surface area (Å²) in [6.45, 7) is 9.63. The van der Waals surface area contributed by atoms with Gasteiger partial charge in [-0.05, 0) is 62.4 Å². The third-order valence-electron chi connectivity index (χ3n) is 8.00. The Morgan fingerprint density at radius 1 is 1.14 bits per heavy atom. The van der Waals surface area contributed by atoms with Gasteiger partial charge < -0.3 is 14.6 Å². The zero-order valence-corrected chi connectivity index (χ0v) is 24.0. The van der Waals surface area contributed by atoms with Gasteiger partial charge in [0.25, 0.3) is 0 Å². The topological polar surface area (TPSA) is 88.0 Å². The smallest absolute Gasteiger partial charge is 0.223 e. The fourth-order valence-corrected chi connectivity index (χ4v) is 5.67. The SMILES string of the molecule is C=C(CCC)O/N=C(\C)C1CCN(c2ncnc3c(-c4ccc(C(=O)CN5CCCC5=O)c(F)c4)cc(F)cc23)CC1. The molecule has 2 aromatic carbocycles. The molecule has 0 unspecified atom stereocenters. The first-order valence-corrected chi connectivity index (χ1v) is 14.4. The number of ketones is 1. The number of nitrogens with zero attached hydrogens (tertiary/aromatic N) is 5. The highest BCUT2D eigenvalue weighted by Crippen LogP contribution is 2.35. The Hall–Kier alpha value is -4.21. The Labute approximate surface area is 244 Å². The van der Waals surface area contributed by atoms with Crippen molar-refractivity contribution in [2.45, 2.75) is 52.4 Å². The largest absolute Gasteiger partial charge is 0.362 e. The Bertz CT molecular complexity index is 1550. The number of amides is 1. The van der Waals surface area contributed by atoms with Gasteiger partial charge in [-0.3, -0.25) is 9.59 Å². The Morgan fingerprint density at radius 2 is 1.93 bits per heavy atom. The number of rotatable bonds is 10. The van der Waals surface area contributed by atoms with Crippen LogP contribution in [0.1, 0.15) is 62.7 Å². The second-order valence-corrected chi connectivity index (χ2v) is 11.0. The Morgan fingerprint density at radius 3 is 2.62 bits per heavy atom. The van der Waals surface area contributed by atoms with E-state index in [1.54, 1.807) is 6.07 Å². The third-order valence-corrected chi connectivity index (χ3v) is 8.00. The molecule has 42 heavy (non-hydrogen) atoms. The molecule has 0 aliphatic carbocycles. The molecular weight excluding hydrogens is 540 g/mol. The van der Waals surface area contributed by atoms with Crippen LogP contribution in [-0.2, 0) is 9.63 Å². The molecule has 5 rings (SSSR count). The number of allylic oxidation sites excluding steroid dienone is 1. The molecule has 220 valence electrons. The van der Waals surface area contributed by atoms with Crippen LogP contribution in [0.25, 0.3) is 22.0 Å². The van der Waals surface area contributed by atoms with Crippen molar-refractivity contribution in [3.05, 3.63) is 66.2 Å². The number of piperidine rings is 1. The highest BCUT2D eigenvalue weighted by atomic mass is 19.1. The molecule has 2 fully saturated rings. The molecule has 3 aromatic rings. The number of carbonyl (C=O) groups excluding carboxylic acids is 2. The average molecular weight is 576 g/mol. The van der Waals surface area contributed by atoms with Crippen LogP contribution in [0, 0.1) is 17.6 Å². The number of hydrogen-bond donors (Lipinski definition) is 0. The maximum atomic E-state index is 15.2. The van der Waals surface area contributed by atoms with Crippen LogP contribution in [-0.4, -0.2) is 58.4 Å². The van der Waals surface area contributed by atoms with Crippen molar-refractivity contribution in [3.63, 3.8) is 0 Å². The van der Waals surface area contributed by atoms with Gasteiger partial charge in [-0.1, -0.05) is 24.7 Å². The van der Waals surface area contributed by atoms with E-state index < -0.39 is 17.4 Å². The highest BCUT2D eigenvalue weighted by Gasteiger charge is 2.26. The van der Waals surface area contributed by atoms with Crippen molar-refractivity contribution in [3.8, 4) is 11.1 Å². The molecule has 0 atom stereocenters. The van der Waals surface area contributed by atoms with Crippen molar-refractivity contribution >= 4 is 34.1 Å². The fourth-order valence-electron chi connectivity index (χ4n) is 5.67. The van der Waals surface area contributed by atoms with E-state index in [-0.39, 0.29) is 23.9 Å². The summed E-state index contributed by atoms with van der Waals surface area (Å²) in [4.78, 5) is 42.6. The second kappa shape index (κ2) is 12.8. The van der Waals surface area contributed by atoms with Crippen molar-refractivity contribution in [1.29, 1.82) is 0 Å². The van der Waals surface area contributed by atoms with E-state index >= 15 is 4.39 Å². The molecule has 1 amide bonds. The number of hydrogen-bond acceptors (Lipinski definition) is 7. The van der Waals surface area contributed by atoms with Crippen molar-refractivity contribution in [2.75, 3.05) is 31.1 Å². The van der Waals surface area contributed by atoms with E-state index in [9.17, 15) is 14.0 Å². The lowest BCUT2D eigenvalue weighted by molar-refractivity contribution is -0.127. The summed E-state index contributed by atoms with van der Waals surface area (Å²) in [6, 6.07) is 6.92. The van der Waals surface area contributed by atoms with Crippen LogP contribution in [0.4, 0.5) is 14.6 Å². The standard InChI is InChI=1S/C32H35F2N5O3/c1-4-6-20(2)42-37-21(3)22-10-13-38(14-11-22)32-27-17-24(33)16-26(31(27)35-19-36-32)23-8-9-25(28(34)15-23)29(40)18-39-12-5-7-30(39)41/h8-9,15-17,19,22H,2,4-7,10-14,18H2,1,3H3/b37-21+. The minimum atomic E-state index is -0.725. The molecule has 0 N–H and O–H groups in total. The molecule has 2 aliphatic rings. The summed E-state index contributed by atoms with van der Waals surface area (Å²) in [7, 11) is 0. The van der Waals surface area contributed by atoms with Crippen LogP contribution < -0.4 is 4.90 Å². The van der Waals surface area contributed by atoms with Gasteiger partial charge >= 0.3 is 0 Å². The number of Topliss-reactive ketones (excluding diaryl/α,β-unsaturated/α-hetero) is 1. The van der Waals surface area contributed by atoms with E-state index in [2.05, 4.69) is 33.5 Å². The molecule has 3 heterocycles. The number of fused-ring (bicyclic) bond motifs is 1. The van der Waals surface area contributed by atoms with E-state index in [0.717, 1.165) is 31.4 Å². The van der Waals surface area contributed by atoms with Crippen LogP contribution in [0.3, 0.4) is 0 Å². The second-order valence-electron chi connectivity index (χ2n) is 11.0. The lowest BCUT2D eigenvalue weighted by atomic mass is 9.92. The normalized spacial score (nSPS) is 16.4. The molecule has 8 nitrogen and oxygen atoms in total. The lowest BCUT2D eigenvalue weighted by Crippen LogP contribution is -2.36. The number of halogens is 2. The lowest BCUT2D eigenvalue weighted by Gasteiger charge is -2.33. The van der Waals surface area contributed by atoms with Crippen molar-refractivity contribution in [1.82, 2.24) is 14.9 Å². The number of anilines is 1. The van der Waals surface area contributed by atoms with E-state index in [4.69, 9.17) is 4.84 Å². The first-order valence-electron chi connectivity index (χ1n) is 14.4. The number of likely N-dealkylation sites (tertiary alicyclic amines) is 1. The first kappa shape index (κ1) is 29.3. The van der Waals surface area contributed by atoms with Gasteiger partial charge in [-0.2, -0.15) is 0 Å². The van der Waals surface area contributed by atoms with Crippen LogP contribution >= 0.6 is 0 Å². The fraction of sp³-hybridized carbons (Fsp3) is 0.406. The van der Waals surface area contributed by atoms with Crippen LogP contribution in [0.2, 0.25) is 0 Å². The highest BCUT2D eigenvalue weighted by molar-refractivity contribution is 6.02. The van der Waals surface area contributed by atoms with E-state index in [1.807, 2.05) is 6.92 Å². The van der Waals surface area contributed by atoms with Gasteiger partial charge in [0.2, 0.25) is 5.91 Å². The summed E-state index contributed by atoms with van der Waals surface area (Å²) in [6.07, 6.45) is 5.91. The van der Waals surface area contributed by atoms with Gasteiger partial charge in [0.1, 0.15) is 29.5 Å². The van der Waals surface area contributed by atoms with Crippen LogP contribution in [0.5, 0.6) is 0 Å². The van der Waals surface area contributed by atoms with Crippen molar-refractivity contribution < 1.29 is 23.2 Å². The van der Waals surface area contributed by atoms with Crippen molar-refractivity contribution in [2.24, 2.45) is 11.1 Å². The summed E-state index contributed by atoms with van der Waals surface area (Å²) < 4.78 is 30.2. The summed E-state index contributed by atoms with van der Waals surface area (Å²) in [5.41, 5.74) is 2.11. The molecular formula is C32H35F2N5O3. The van der Waals surface area contributed by atoms with Gasteiger partial charge in [0.05, 0.1) is 23.3 Å². The molecule has 0 saturated carbocycles. The summed E-state index contributed by atoms with van der Waals surface area (Å²) >= 11 is 0. The van der Waals surface area contributed by atoms with Crippen LogP contribution in [0.15, 0.2) is 54.2 Å². The maximum absolute atomic E-state index is 15.2. The zero-order chi connectivity index (χ0) is 29.8. The quantitative estimate of drug-likeness (QED) is 0.122. The Kier molecular flexibility index (Phi) is 8.89. The molecule has 0 radical (unpaired) electrons. The van der Waals surface area contributed by atoms with E-state index in [1.165, 1.54) is 35.5 Å². The predicted octanol–water partition coefficient (Wildman–Crippen LogP) is 6.30. The molecule has 0 bridgehead atoms. The molecule has 10 heteroatoms. The zero-order valence-electron chi connectivity index (χ0n) is 24.0. The number of carbonyl (C=O) groups is 2. The third kappa shape index (κ3) is 6.32.